The van der Waals surface area contributed by atoms with Crippen LogP contribution in [0.25, 0.3) is 0 Å². The van der Waals surface area contributed by atoms with Gasteiger partial charge >= 0.3 is 0 Å². The summed E-state index contributed by atoms with van der Waals surface area (Å²) in [6, 6.07) is 7.11. The van der Waals surface area contributed by atoms with Gasteiger partial charge in [0.1, 0.15) is 0 Å². The lowest BCUT2D eigenvalue weighted by Gasteiger charge is -2.32. The molecule has 0 amide bonds. The predicted molar refractivity (Wildman–Crippen MR) is 83.5 cm³/mol. The van der Waals surface area contributed by atoms with Crippen molar-refractivity contribution in [3.63, 3.8) is 0 Å². The van der Waals surface area contributed by atoms with Crippen molar-refractivity contribution in [3.8, 4) is 0 Å². The zero-order valence-corrected chi connectivity index (χ0v) is 13.5. The molecule has 1 aliphatic heterocycles. The molecule has 2 nitrogen and oxygen atoms in total. The molecular formula is C16H24BrNO. The summed E-state index contributed by atoms with van der Waals surface area (Å²) in [6.45, 7) is 7.33. The standard InChI is InChI=1S/C16H24BrNO/c1-3-8-18-16(13-6-9-19-10-7-13)15-5-4-14(17)11-12(15)2/h4-5,11,13,16,18H,3,6-10H2,1-2H3. The van der Waals surface area contributed by atoms with Gasteiger partial charge in [-0.3, -0.25) is 0 Å². The largest absolute Gasteiger partial charge is 0.381 e. The predicted octanol–water partition coefficient (Wildman–Crippen LogP) is 4.22. The normalized spacial score (nSPS) is 18.5. The van der Waals surface area contributed by atoms with Crippen LogP contribution in [-0.4, -0.2) is 19.8 Å². The lowest BCUT2D eigenvalue weighted by Crippen LogP contribution is -2.33. The van der Waals surface area contributed by atoms with Crippen LogP contribution in [0.4, 0.5) is 0 Å². The van der Waals surface area contributed by atoms with Crippen LogP contribution in [0.5, 0.6) is 0 Å². The van der Waals surface area contributed by atoms with Crippen molar-refractivity contribution in [2.45, 2.75) is 39.2 Å². The molecule has 1 fully saturated rings. The number of benzene rings is 1. The van der Waals surface area contributed by atoms with Gasteiger partial charge in [-0.2, -0.15) is 0 Å². The molecule has 1 aromatic carbocycles. The first-order chi connectivity index (χ1) is 9.22. The average molecular weight is 326 g/mol. The Morgan fingerprint density at radius 3 is 2.74 bits per heavy atom. The quantitative estimate of drug-likeness (QED) is 0.874. The van der Waals surface area contributed by atoms with Crippen LogP contribution in [0.1, 0.15) is 43.4 Å². The molecule has 106 valence electrons. The molecule has 2 rings (SSSR count). The fourth-order valence-corrected chi connectivity index (χ4v) is 3.34. The van der Waals surface area contributed by atoms with Crippen LogP contribution in [-0.2, 0) is 4.74 Å². The maximum absolute atomic E-state index is 5.50. The van der Waals surface area contributed by atoms with Gasteiger partial charge in [0.2, 0.25) is 0 Å². The van der Waals surface area contributed by atoms with Gasteiger partial charge in [0.05, 0.1) is 0 Å². The van der Waals surface area contributed by atoms with E-state index in [0.29, 0.717) is 12.0 Å². The van der Waals surface area contributed by atoms with Gasteiger partial charge in [-0.25, -0.2) is 0 Å². The second-order valence-corrected chi connectivity index (χ2v) is 6.30. The Bertz CT molecular complexity index is 402. The molecule has 0 aromatic heterocycles. The highest BCUT2D eigenvalue weighted by atomic mass is 79.9. The molecule has 1 aliphatic rings. The number of aryl methyl sites for hydroxylation is 1. The van der Waals surface area contributed by atoms with E-state index in [0.717, 1.165) is 37.1 Å². The maximum Gasteiger partial charge on any atom is 0.0469 e. The number of nitrogens with one attached hydrogen (secondary N) is 1. The van der Waals surface area contributed by atoms with E-state index in [9.17, 15) is 0 Å². The van der Waals surface area contributed by atoms with E-state index in [1.807, 2.05) is 0 Å². The second-order valence-electron chi connectivity index (χ2n) is 5.38. The van der Waals surface area contributed by atoms with E-state index < -0.39 is 0 Å². The van der Waals surface area contributed by atoms with Crippen molar-refractivity contribution in [3.05, 3.63) is 33.8 Å². The Labute approximate surface area is 125 Å². The number of rotatable bonds is 5. The topological polar surface area (TPSA) is 21.3 Å². The highest BCUT2D eigenvalue weighted by Crippen LogP contribution is 2.32. The molecule has 1 aromatic rings. The molecule has 0 saturated carbocycles. The summed E-state index contributed by atoms with van der Waals surface area (Å²) in [5.74, 6) is 0.695. The molecule has 1 atom stereocenters. The molecule has 0 radical (unpaired) electrons. The van der Waals surface area contributed by atoms with Gasteiger partial charge in [-0.15, -0.1) is 0 Å². The highest BCUT2D eigenvalue weighted by molar-refractivity contribution is 9.10. The Kier molecular flexibility index (Phi) is 5.86. The smallest absolute Gasteiger partial charge is 0.0469 e. The molecule has 0 bridgehead atoms. The Balaban J connectivity index is 2.19. The van der Waals surface area contributed by atoms with Gasteiger partial charge in [0, 0.05) is 23.7 Å². The van der Waals surface area contributed by atoms with Crippen LogP contribution in [0, 0.1) is 12.8 Å². The van der Waals surface area contributed by atoms with Crippen LogP contribution in [0.3, 0.4) is 0 Å². The molecule has 19 heavy (non-hydrogen) atoms. The van der Waals surface area contributed by atoms with Gasteiger partial charge in [0.15, 0.2) is 0 Å². The fourth-order valence-electron chi connectivity index (χ4n) is 2.87. The lowest BCUT2D eigenvalue weighted by atomic mass is 9.85. The van der Waals surface area contributed by atoms with Crippen molar-refractivity contribution >= 4 is 15.9 Å². The van der Waals surface area contributed by atoms with E-state index in [2.05, 4.69) is 53.3 Å². The zero-order valence-electron chi connectivity index (χ0n) is 11.9. The summed E-state index contributed by atoms with van der Waals surface area (Å²) in [6.07, 6.45) is 3.50. The zero-order chi connectivity index (χ0) is 13.7. The van der Waals surface area contributed by atoms with Crippen LogP contribution in [0.15, 0.2) is 22.7 Å². The molecule has 1 saturated heterocycles. The summed E-state index contributed by atoms with van der Waals surface area (Å²) in [7, 11) is 0. The first kappa shape index (κ1) is 15.0. The van der Waals surface area contributed by atoms with Crippen molar-refractivity contribution in [2.24, 2.45) is 5.92 Å². The lowest BCUT2D eigenvalue weighted by molar-refractivity contribution is 0.0535. The molecule has 0 spiro atoms. The van der Waals surface area contributed by atoms with Crippen molar-refractivity contribution in [1.82, 2.24) is 5.32 Å². The minimum absolute atomic E-state index is 0.469. The third kappa shape index (κ3) is 4.04. The van der Waals surface area contributed by atoms with Gasteiger partial charge in [-0.1, -0.05) is 28.9 Å². The summed E-state index contributed by atoms with van der Waals surface area (Å²) >= 11 is 3.55. The Morgan fingerprint density at radius 1 is 1.37 bits per heavy atom. The Hall–Kier alpha value is -0.380. The summed E-state index contributed by atoms with van der Waals surface area (Å²) in [4.78, 5) is 0. The number of halogens is 1. The molecule has 1 unspecified atom stereocenters. The van der Waals surface area contributed by atoms with Gasteiger partial charge in [-0.05, 0) is 61.9 Å². The van der Waals surface area contributed by atoms with Gasteiger partial charge < -0.3 is 10.1 Å². The first-order valence-electron chi connectivity index (χ1n) is 7.29. The van der Waals surface area contributed by atoms with Gasteiger partial charge in [0.25, 0.3) is 0 Å². The van der Waals surface area contributed by atoms with Crippen LogP contribution in [0.2, 0.25) is 0 Å². The summed E-state index contributed by atoms with van der Waals surface area (Å²) in [5, 5.41) is 3.74. The van der Waals surface area contributed by atoms with E-state index in [1.165, 1.54) is 17.5 Å². The van der Waals surface area contributed by atoms with E-state index in [-0.39, 0.29) is 0 Å². The average Bonchev–Trinajstić information content (AvgIpc) is 2.42. The minimum Gasteiger partial charge on any atom is -0.381 e. The first-order valence-corrected chi connectivity index (χ1v) is 8.09. The van der Waals surface area contributed by atoms with Crippen molar-refractivity contribution in [1.29, 1.82) is 0 Å². The van der Waals surface area contributed by atoms with E-state index in [1.54, 1.807) is 0 Å². The number of ether oxygens (including phenoxy) is 1. The third-order valence-electron chi connectivity index (χ3n) is 3.92. The molecule has 1 heterocycles. The number of hydrogen-bond acceptors (Lipinski definition) is 2. The maximum atomic E-state index is 5.50. The van der Waals surface area contributed by atoms with Crippen molar-refractivity contribution < 1.29 is 4.74 Å². The summed E-state index contributed by atoms with van der Waals surface area (Å²) < 4.78 is 6.67. The number of hydrogen-bond donors (Lipinski definition) is 1. The molecule has 1 N–H and O–H groups in total. The molecule has 0 aliphatic carbocycles. The van der Waals surface area contributed by atoms with Crippen LogP contribution < -0.4 is 5.32 Å². The Morgan fingerprint density at radius 2 is 2.11 bits per heavy atom. The SMILES string of the molecule is CCCNC(c1ccc(Br)cc1C)C1CCOCC1. The summed E-state index contributed by atoms with van der Waals surface area (Å²) in [5.41, 5.74) is 2.82. The molecule has 3 heteroatoms. The third-order valence-corrected chi connectivity index (χ3v) is 4.41. The highest BCUT2D eigenvalue weighted by Gasteiger charge is 2.25. The monoisotopic (exact) mass is 325 g/mol. The van der Waals surface area contributed by atoms with E-state index >= 15 is 0 Å². The second kappa shape index (κ2) is 7.41. The minimum atomic E-state index is 0.469. The van der Waals surface area contributed by atoms with Crippen LogP contribution >= 0.6 is 15.9 Å². The fraction of sp³-hybridized carbons (Fsp3) is 0.625. The molecular weight excluding hydrogens is 302 g/mol. The van der Waals surface area contributed by atoms with Crippen molar-refractivity contribution in [2.75, 3.05) is 19.8 Å². The van der Waals surface area contributed by atoms with E-state index in [4.69, 9.17) is 4.74 Å².